The molecule has 0 aliphatic heterocycles. The van der Waals surface area contributed by atoms with Gasteiger partial charge in [0.25, 0.3) is 5.91 Å². The number of aromatic nitrogens is 3. The van der Waals surface area contributed by atoms with Gasteiger partial charge >= 0.3 is 0 Å². The lowest BCUT2D eigenvalue weighted by Crippen LogP contribution is -2.21. The van der Waals surface area contributed by atoms with Crippen molar-refractivity contribution in [2.45, 2.75) is 40.2 Å². The van der Waals surface area contributed by atoms with Crippen molar-refractivity contribution in [1.82, 2.24) is 20.1 Å². The predicted molar refractivity (Wildman–Crippen MR) is 133 cm³/mol. The van der Waals surface area contributed by atoms with E-state index in [0.717, 1.165) is 21.7 Å². The molecular weight excluding hydrogens is 434 g/mol. The number of aryl methyl sites for hydroxylation is 2. The van der Waals surface area contributed by atoms with Crippen LogP contribution in [-0.2, 0) is 11.2 Å². The lowest BCUT2D eigenvalue weighted by molar-refractivity contribution is -0.119. The van der Waals surface area contributed by atoms with Crippen LogP contribution in [0.2, 0.25) is 0 Å². The zero-order valence-corrected chi connectivity index (χ0v) is 20.2. The highest BCUT2D eigenvalue weighted by Gasteiger charge is 2.21. The molecule has 4 aromatic rings. The highest BCUT2D eigenvalue weighted by atomic mass is 32.1. The van der Waals surface area contributed by atoms with Gasteiger partial charge in [-0.05, 0) is 51.5 Å². The number of amides is 2. The number of nitrogens with one attached hydrogen (secondary N) is 2. The van der Waals surface area contributed by atoms with Crippen LogP contribution in [0.4, 0.5) is 5.69 Å². The Labute approximate surface area is 196 Å². The third-order valence-electron chi connectivity index (χ3n) is 5.51. The van der Waals surface area contributed by atoms with Crippen LogP contribution >= 0.6 is 11.3 Å². The summed E-state index contributed by atoms with van der Waals surface area (Å²) in [4.78, 5) is 32.7. The largest absolute Gasteiger partial charge is 0.359 e. The normalized spacial score (nSPS) is 11.2. The number of carbonyl (C=O) groups is 2. The summed E-state index contributed by atoms with van der Waals surface area (Å²) in [5.41, 5.74) is 4.30. The average molecular weight is 462 g/mol. The van der Waals surface area contributed by atoms with Gasteiger partial charge in [0.2, 0.25) is 5.91 Å². The minimum absolute atomic E-state index is 0.0970. The van der Waals surface area contributed by atoms with Crippen LogP contribution in [0.15, 0.2) is 42.6 Å². The molecule has 170 valence electrons. The third-order valence-corrected chi connectivity index (χ3v) is 6.48. The van der Waals surface area contributed by atoms with Crippen molar-refractivity contribution in [3.8, 4) is 11.3 Å². The van der Waals surface area contributed by atoms with Gasteiger partial charge in [0.05, 0.1) is 29.3 Å². The zero-order chi connectivity index (χ0) is 23.7. The Balaban J connectivity index is 1.81. The number of carbonyl (C=O) groups excluding carboxylic acids is 2. The summed E-state index contributed by atoms with van der Waals surface area (Å²) in [6.45, 7) is 8.20. The minimum Gasteiger partial charge on any atom is -0.359 e. The van der Waals surface area contributed by atoms with Crippen LogP contribution in [0.5, 0.6) is 0 Å². The molecule has 0 aliphatic carbocycles. The molecule has 33 heavy (non-hydrogen) atoms. The number of fused-ring (bicyclic) bond motifs is 1. The quantitative estimate of drug-likeness (QED) is 0.427. The van der Waals surface area contributed by atoms with Crippen LogP contribution < -0.4 is 10.6 Å². The van der Waals surface area contributed by atoms with Crippen LogP contribution in [-0.4, -0.2) is 33.6 Å². The molecule has 2 amide bonds. The highest BCUT2D eigenvalue weighted by Crippen LogP contribution is 2.33. The lowest BCUT2D eigenvalue weighted by Gasteiger charge is -2.13. The molecule has 0 atom stereocenters. The van der Waals surface area contributed by atoms with Gasteiger partial charge in [-0.25, -0.2) is 9.67 Å². The van der Waals surface area contributed by atoms with Crippen LogP contribution in [0.3, 0.4) is 0 Å². The second kappa shape index (κ2) is 9.15. The molecule has 4 rings (SSSR count). The fraction of sp³-hybridized carbons (Fsp3) is 0.280. The van der Waals surface area contributed by atoms with Gasteiger partial charge in [-0.3, -0.25) is 9.59 Å². The maximum Gasteiger partial charge on any atom is 0.256 e. The maximum absolute atomic E-state index is 13.5. The van der Waals surface area contributed by atoms with Gasteiger partial charge in [-0.2, -0.15) is 5.10 Å². The molecule has 3 heterocycles. The smallest absolute Gasteiger partial charge is 0.256 e. The minimum atomic E-state index is -0.263. The molecule has 0 fully saturated rings. The SMILES string of the molecule is CNC(=O)Cc1ccccc1NC(=O)c1cc(-c2cc(C)sc2C)nc2c1cnn2C(C)C. The van der Waals surface area contributed by atoms with Crippen molar-refractivity contribution in [3.63, 3.8) is 0 Å². The number of rotatable bonds is 6. The van der Waals surface area contributed by atoms with Crippen molar-refractivity contribution >= 4 is 39.9 Å². The number of likely N-dealkylation sites (N-methyl/N-ethyl adjacent to an activating group) is 1. The van der Waals surface area contributed by atoms with E-state index in [-0.39, 0.29) is 24.3 Å². The van der Waals surface area contributed by atoms with E-state index in [4.69, 9.17) is 4.98 Å². The van der Waals surface area contributed by atoms with Gasteiger partial charge in [0.15, 0.2) is 5.65 Å². The van der Waals surface area contributed by atoms with Crippen molar-refractivity contribution < 1.29 is 9.59 Å². The number of thiophene rings is 1. The number of nitrogens with zero attached hydrogens (tertiary/aromatic N) is 3. The number of para-hydroxylation sites is 1. The Morgan fingerprint density at radius 2 is 1.91 bits per heavy atom. The second-order valence-electron chi connectivity index (χ2n) is 8.26. The number of hydrogen-bond donors (Lipinski definition) is 2. The van der Waals surface area contributed by atoms with E-state index < -0.39 is 0 Å². The molecule has 1 aromatic carbocycles. The van der Waals surface area contributed by atoms with Crippen molar-refractivity contribution in [2.75, 3.05) is 12.4 Å². The van der Waals surface area contributed by atoms with Crippen molar-refractivity contribution in [2.24, 2.45) is 0 Å². The molecule has 2 N–H and O–H groups in total. The molecule has 0 bridgehead atoms. The van der Waals surface area contributed by atoms with E-state index in [1.54, 1.807) is 30.6 Å². The first-order chi connectivity index (χ1) is 15.8. The first kappa shape index (κ1) is 22.7. The van der Waals surface area contributed by atoms with Gasteiger partial charge in [-0.15, -0.1) is 11.3 Å². The maximum atomic E-state index is 13.5. The summed E-state index contributed by atoms with van der Waals surface area (Å²) >= 11 is 1.71. The second-order valence-corrected chi connectivity index (χ2v) is 9.72. The van der Waals surface area contributed by atoms with E-state index in [1.165, 1.54) is 4.88 Å². The Morgan fingerprint density at radius 3 is 2.58 bits per heavy atom. The van der Waals surface area contributed by atoms with Gasteiger partial charge in [0.1, 0.15) is 0 Å². The Kier molecular flexibility index (Phi) is 6.29. The number of benzene rings is 1. The molecule has 0 radical (unpaired) electrons. The Bertz CT molecular complexity index is 1350. The zero-order valence-electron chi connectivity index (χ0n) is 19.4. The molecular formula is C25H27N5O2S. The van der Waals surface area contributed by atoms with E-state index in [2.05, 4.69) is 35.6 Å². The molecule has 3 aromatic heterocycles. The first-order valence-electron chi connectivity index (χ1n) is 10.8. The van der Waals surface area contributed by atoms with E-state index in [0.29, 0.717) is 22.3 Å². The number of pyridine rings is 1. The van der Waals surface area contributed by atoms with Gasteiger partial charge in [-0.1, -0.05) is 18.2 Å². The molecule has 8 heteroatoms. The van der Waals surface area contributed by atoms with E-state index >= 15 is 0 Å². The fourth-order valence-electron chi connectivity index (χ4n) is 3.85. The summed E-state index contributed by atoms with van der Waals surface area (Å²) in [5, 5.41) is 10.8. The highest BCUT2D eigenvalue weighted by molar-refractivity contribution is 7.12. The number of anilines is 1. The average Bonchev–Trinajstić information content (AvgIpc) is 3.36. The summed E-state index contributed by atoms with van der Waals surface area (Å²) in [6.07, 6.45) is 1.88. The van der Waals surface area contributed by atoms with E-state index in [1.807, 2.05) is 42.8 Å². The molecule has 0 saturated carbocycles. The standard InChI is InChI=1S/C25H27N5O2S/c1-14(2)30-24-20(13-27-30)19(12-22(28-24)18-10-15(3)33-16(18)4)25(32)29-21-9-7-6-8-17(21)11-23(31)26-5/h6-10,12-14H,11H2,1-5H3,(H,26,31)(H,29,32). The molecule has 0 unspecified atom stereocenters. The number of hydrogen-bond acceptors (Lipinski definition) is 5. The summed E-state index contributed by atoms with van der Waals surface area (Å²) in [6, 6.07) is 11.4. The first-order valence-corrected chi connectivity index (χ1v) is 11.7. The van der Waals surface area contributed by atoms with Crippen molar-refractivity contribution in [1.29, 1.82) is 0 Å². The van der Waals surface area contributed by atoms with Crippen LogP contribution in [0.1, 0.15) is 45.6 Å². The monoisotopic (exact) mass is 461 g/mol. The van der Waals surface area contributed by atoms with E-state index in [9.17, 15) is 9.59 Å². The molecule has 0 saturated heterocycles. The van der Waals surface area contributed by atoms with Crippen LogP contribution in [0, 0.1) is 13.8 Å². The molecule has 0 aliphatic rings. The lowest BCUT2D eigenvalue weighted by atomic mass is 10.1. The van der Waals surface area contributed by atoms with Gasteiger partial charge in [0, 0.05) is 34.1 Å². The molecule has 7 nitrogen and oxygen atoms in total. The predicted octanol–water partition coefficient (Wildman–Crippen LogP) is 4.90. The third kappa shape index (κ3) is 4.52. The topological polar surface area (TPSA) is 88.9 Å². The summed E-state index contributed by atoms with van der Waals surface area (Å²) in [5.74, 6) is -0.382. The fourth-order valence-corrected chi connectivity index (χ4v) is 4.79. The summed E-state index contributed by atoms with van der Waals surface area (Å²) in [7, 11) is 1.60. The van der Waals surface area contributed by atoms with Gasteiger partial charge < -0.3 is 10.6 Å². The van der Waals surface area contributed by atoms with Crippen LogP contribution in [0.25, 0.3) is 22.3 Å². The Hall–Kier alpha value is -3.52. The molecule has 0 spiro atoms. The Morgan fingerprint density at radius 1 is 1.15 bits per heavy atom. The summed E-state index contributed by atoms with van der Waals surface area (Å²) < 4.78 is 1.84. The van der Waals surface area contributed by atoms with Crippen molar-refractivity contribution in [3.05, 3.63) is 63.5 Å².